The van der Waals surface area contributed by atoms with E-state index in [1.807, 2.05) is 0 Å². The largest absolute Gasteiger partial charge is 0.488 e. The Morgan fingerprint density at radius 1 is 1.03 bits per heavy atom. The van der Waals surface area contributed by atoms with Gasteiger partial charge in [0.1, 0.15) is 24.5 Å². The van der Waals surface area contributed by atoms with Gasteiger partial charge >= 0.3 is 0 Å². The van der Waals surface area contributed by atoms with Crippen LogP contribution in [0.1, 0.15) is 0 Å². The molecule has 0 atom stereocenters. The van der Waals surface area contributed by atoms with Gasteiger partial charge in [0.25, 0.3) is 11.6 Å². The highest BCUT2D eigenvalue weighted by molar-refractivity contribution is 5.92. The average Bonchev–Trinajstić information content (AvgIpc) is 2.77. The summed E-state index contributed by atoms with van der Waals surface area (Å²) in [7, 11) is 0. The molecule has 29 heavy (non-hydrogen) atoms. The van der Waals surface area contributed by atoms with E-state index in [-0.39, 0.29) is 18.9 Å². The Labute approximate surface area is 166 Å². The Bertz CT molecular complexity index is 1010. The minimum absolute atomic E-state index is 0.00285. The normalized spacial score (nSPS) is 14.0. The molecule has 0 bridgehead atoms. The van der Waals surface area contributed by atoms with E-state index in [2.05, 4.69) is 25.2 Å². The predicted molar refractivity (Wildman–Crippen MR) is 107 cm³/mol. The van der Waals surface area contributed by atoms with Crippen molar-refractivity contribution in [3.05, 3.63) is 53.0 Å². The quantitative estimate of drug-likeness (QED) is 0.362. The third-order valence-corrected chi connectivity index (χ3v) is 4.55. The Balaban J connectivity index is 1.42. The molecule has 0 aliphatic carbocycles. The van der Waals surface area contributed by atoms with E-state index in [9.17, 15) is 10.1 Å². The standard InChI is InChI=1S/C19H20N6O4/c26-25(27)15-3-4-16(17-14(15)2-1-5-21-17)28-12-13-29-19-18(22-6-7-23-19)24-10-8-20-9-11-24/h1-7,20H,8-13H2. The summed E-state index contributed by atoms with van der Waals surface area (Å²) >= 11 is 0. The molecular weight excluding hydrogens is 376 g/mol. The fourth-order valence-electron chi connectivity index (χ4n) is 3.21. The van der Waals surface area contributed by atoms with Crippen molar-refractivity contribution < 1.29 is 14.4 Å². The first-order chi connectivity index (χ1) is 14.2. The van der Waals surface area contributed by atoms with Crippen LogP contribution in [-0.2, 0) is 0 Å². The molecule has 150 valence electrons. The Morgan fingerprint density at radius 3 is 2.66 bits per heavy atom. The number of hydrogen-bond donors (Lipinski definition) is 1. The number of non-ortho nitro benzene ring substituents is 1. The summed E-state index contributed by atoms with van der Waals surface area (Å²) in [6.07, 6.45) is 4.82. The van der Waals surface area contributed by atoms with Gasteiger partial charge in [-0.3, -0.25) is 15.1 Å². The molecule has 1 saturated heterocycles. The zero-order valence-electron chi connectivity index (χ0n) is 15.7. The average molecular weight is 396 g/mol. The van der Waals surface area contributed by atoms with Crippen LogP contribution < -0.4 is 19.7 Å². The molecule has 0 amide bonds. The van der Waals surface area contributed by atoms with Crippen LogP contribution in [0.25, 0.3) is 10.9 Å². The molecule has 0 radical (unpaired) electrons. The number of nitrogens with zero attached hydrogens (tertiary/aromatic N) is 5. The van der Waals surface area contributed by atoms with Crippen LogP contribution >= 0.6 is 0 Å². The molecule has 10 heteroatoms. The monoisotopic (exact) mass is 396 g/mol. The van der Waals surface area contributed by atoms with Crippen molar-refractivity contribution in [1.29, 1.82) is 0 Å². The van der Waals surface area contributed by atoms with Crippen molar-refractivity contribution in [3.63, 3.8) is 0 Å². The number of nitro groups is 1. The lowest BCUT2D eigenvalue weighted by Crippen LogP contribution is -2.44. The molecule has 10 nitrogen and oxygen atoms in total. The van der Waals surface area contributed by atoms with E-state index in [1.54, 1.807) is 36.8 Å². The highest BCUT2D eigenvalue weighted by Gasteiger charge is 2.18. The molecule has 1 fully saturated rings. The smallest absolute Gasteiger partial charge is 0.279 e. The molecule has 0 spiro atoms. The molecule has 0 unspecified atom stereocenters. The number of piperazine rings is 1. The number of pyridine rings is 1. The highest BCUT2D eigenvalue weighted by Crippen LogP contribution is 2.31. The predicted octanol–water partition coefficient (Wildman–Crippen LogP) is 1.80. The number of aromatic nitrogens is 3. The fourth-order valence-corrected chi connectivity index (χ4v) is 3.21. The van der Waals surface area contributed by atoms with E-state index in [0.29, 0.717) is 22.5 Å². The van der Waals surface area contributed by atoms with E-state index in [4.69, 9.17) is 9.47 Å². The van der Waals surface area contributed by atoms with Gasteiger partial charge in [0, 0.05) is 50.8 Å². The number of nitro benzene ring substituents is 1. The maximum absolute atomic E-state index is 11.2. The summed E-state index contributed by atoms with van der Waals surface area (Å²) < 4.78 is 11.6. The molecule has 4 rings (SSSR count). The highest BCUT2D eigenvalue weighted by atomic mass is 16.6. The second kappa shape index (κ2) is 8.65. The first kappa shape index (κ1) is 18.8. The van der Waals surface area contributed by atoms with Crippen LogP contribution in [0, 0.1) is 10.1 Å². The van der Waals surface area contributed by atoms with Crippen LogP contribution in [0.3, 0.4) is 0 Å². The van der Waals surface area contributed by atoms with Crippen molar-refractivity contribution >= 4 is 22.4 Å². The lowest BCUT2D eigenvalue weighted by atomic mass is 10.1. The summed E-state index contributed by atoms with van der Waals surface area (Å²) in [6, 6.07) is 6.30. The number of nitrogens with one attached hydrogen (secondary N) is 1. The van der Waals surface area contributed by atoms with Gasteiger partial charge in [-0.2, -0.15) is 0 Å². The van der Waals surface area contributed by atoms with Gasteiger partial charge in [-0.1, -0.05) is 0 Å². The van der Waals surface area contributed by atoms with Crippen LogP contribution in [0.2, 0.25) is 0 Å². The molecule has 1 N–H and O–H groups in total. The van der Waals surface area contributed by atoms with Crippen LogP contribution in [0.5, 0.6) is 11.6 Å². The Hall–Kier alpha value is -3.53. The van der Waals surface area contributed by atoms with Crippen molar-refractivity contribution in [2.24, 2.45) is 0 Å². The third kappa shape index (κ3) is 4.16. The summed E-state index contributed by atoms with van der Waals surface area (Å²) in [5, 5.41) is 14.9. The van der Waals surface area contributed by atoms with Crippen molar-refractivity contribution in [1.82, 2.24) is 20.3 Å². The van der Waals surface area contributed by atoms with Crippen molar-refractivity contribution in [2.75, 3.05) is 44.3 Å². The number of ether oxygens (including phenoxy) is 2. The lowest BCUT2D eigenvalue weighted by Gasteiger charge is -2.28. The van der Waals surface area contributed by atoms with Gasteiger partial charge in [-0.15, -0.1) is 0 Å². The summed E-state index contributed by atoms with van der Waals surface area (Å²) in [4.78, 5) is 25.8. The van der Waals surface area contributed by atoms with Gasteiger partial charge in [0.05, 0.1) is 10.3 Å². The van der Waals surface area contributed by atoms with Gasteiger partial charge in [-0.05, 0) is 18.2 Å². The first-order valence-electron chi connectivity index (χ1n) is 9.28. The summed E-state index contributed by atoms with van der Waals surface area (Å²) in [5.74, 6) is 1.65. The molecule has 1 aromatic carbocycles. The Kier molecular flexibility index (Phi) is 5.61. The van der Waals surface area contributed by atoms with E-state index >= 15 is 0 Å². The van der Waals surface area contributed by atoms with Gasteiger partial charge < -0.3 is 19.7 Å². The SMILES string of the molecule is O=[N+]([O-])c1ccc(OCCOc2nccnc2N2CCNCC2)c2ncccc12. The number of anilines is 1. The minimum Gasteiger partial charge on any atom is -0.488 e. The van der Waals surface area contributed by atoms with Crippen LogP contribution in [0.15, 0.2) is 42.9 Å². The van der Waals surface area contributed by atoms with E-state index in [1.165, 1.54) is 6.07 Å². The number of fused-ring (bicyclic) bond motifs is 1. The second-order valence-corrected chi connectivity index (χ2v) is 6.36. The fraction of sp³-hybridized carbons (Fsp3) is 0.316. The molecule has 1 aliphatic heterocycles. The maximum Gasteiger partial charge on any atom is 0.279 e. The van der Waals surface area contributed by atoms with Crippen LogP contribution in [-0.4, -0.2) is 59.3 Å². The number of rotatable bonds is 7. The van der Waals surface area contributed by atoms with E-state index < -0.39 is 4.92 Å². The number of hydrogen-bond acceptors (Lipinski definition) is 9. The summed E-state index contributed by atoms with van der Waals surface area (Å²) in [6.45, 7) is 3.95. The number of benzene rings is 1. The zero-order chi connectivity index (χ0) is 20.1. The molecule has 2 aromatic heterocycles. The minimum atomic E-state index is -0.428. The van der Waals surface area contributed by atoms with Crippen molar-refractivity contribution in [2.45, 2.75) is 0 Å². The first-order valence-corrected chi connectivity index (χ1v) is 9.28. The molecule has 1 aliphatic rings. The molecule has 3 aromatic rings. The maximum atomic E-state index is 11.2. The molecular formula is C19H20N6O4. The molecule has 0 saturated carbocycles. The second-order valence-electron chi connectivity index (χ2n) is 6.36. The Morgan fingerprint density at radius 2 is 1.83 bits per heavy atom. The van der Waals surface area contributed by atoms with Crippen LogP contribution in [0.4, 0.5) is 11.5 Å². The van der Waals surface area contributed by atoms with Gasteiger partial charge in [0.2, 0.25) is 0 Å². The van der Waals surface area contributed by atoms with Gasteiger partial charge in [-0.25, -0.2) is 9.97 Å². The third-order valence-electron chi connectivity index (χ3n) is 4.55. The lowest BCUT2D eigenvalue weighted by molar-refractivity contribution is -0.383. The summed E-state index contributed by atoms with van der Waals surface area (Å²) in [5.41, 5.74) is 0.444. The molecule has 3 heterocycles. The zero-order valence-corrected chi connectivity index (χ0v) is 15.7. The van der Waals surface area contributed by atoms with E-state index in [0.717, 1.165) is 32.0 Å². The van der Waals surface area contributed by atoms with Gasteiger partial charge in [0.15, 0.2) is 5.82 Å². The van der Waals surface area contributed by atoms with Crippen molar-refractivity contribution in [3.8, 4) is 11.6 Å². The topological polar surface area (TPSA) is 116 Å².